The van der Waals surface area contributed by atoms with Crippen molar-refractivity contribution >= 4 is 34.8 Å². The van der Waals surface area contributed by atoms with Gasteiger partial charge in [-0.2, -0.15) is 0 Å². The molecular formula is C17H17ClN2O3. The van der Waals surface area contributed by atoms with Gasteiger partial charge in [-0.3, -0.25) is 9.59 Å². The van der Waals surface area contributed by atoms with Gasteiger partial charge in [-0.1, -0.05) is 43.6 Å². The molecule has 0 unspecified atom stereocenters. The first-order valence-electron chi connectivity index (χ1n) is 7.08. The molecule has 2 rings (SSSR count). The normalized spacial score (nSPS) is 10.4. The standard InChI is InChI=1S/C17H17ClN2O3/c1-10(2)12-5-3-4-6-13(12)19-16(22)17(23)20-14-9-11(18)7-8-15(14)21/h3-10,21H,1-2H3,(H,19,22)(H,20,23). The number of hydrogen-bond donors (Lipinski definition) is 3. The Morgan fingerprint density at radius 2 is 1.61 bits per heavy atom. The topological polar surface area (TPSA) is 78.4 Å². The Balaban J connectivity index is 2.12. The maximum atomic E-state index is 12.1. The molecule has 0 heterocycles. The van der Waals surface area contributed by atoms with E-state index in [-0.39, 0.29) is 17.4 Å². The van der Waals surface area contributed by atoms with Crippen molar-refractivity contribution in [1.29, 1.82) is 0 Å². The fourth-order valence-corrected chi connectivity index (χ4v) is 2.25. The Morgan fingerprint density at radius 3 is 2.26 bits per heavy atom. The zero-order valence-corrected chi connectivity index (χ0v) is 13.5. The monoisotopic (exact) mass is 332 g/mol. The molecule has 0 atom stereocenters. The molecule has 0 aliphatic heterocycles. The maximum Gasteiger partial charge on any atom is 0.314 e. The Kier molecular flexibility index (Phi) is 5.24. The molecule has 6 heteroatoms. The van der Waals surface area contributed by atoms with Crippen LogP contribution in [0.5, 0.6) is 5.75 Å². The van der Waals surface area contributed by atoms with Crippen molar-refractivity contribution in [1.82, 2.24) is 0 Å². The number of phenols is 1. The molecule has 3 N–H and O–H groups in total. The summed E-state index contributed by atoms with van der Waals surface area (Å²) in [7, 11) is 0. The summed E-state index contributed by atoms with van der Waals surface area (Å²) in [4.78, 5) is 24.0. The molecular weight excluding hydrogens is 316 g/mol. The minimum Gasteiger partial charge on any atom is -0.506 e. The van der Waals surface area contributed by atoms with E-state index in [1.165, 1.54) is 18.2 Å². The number of carbonyl (C=O) groups excluding carboxylic acids is 2. The Labute approximate surface area is 139 Å². The van der Waals surface area contributed by atoms with Crippen LogP contribution >= 0.6 is 11.6 Å². The highest BCUT2D eigenvalue weighted by atomic mass is 35.5. The molecule has 0 fully saturated rings. The van der Waals surface area contributed by atoms with E-state index in [9.17, 15) is 14.7 Å². The number of aromatic hydroxyl groups is 1. The number of amides is 2. The zero-order valence-electron chi connectivity index (χ0n) is 12.8. The zero-order chi connectivity index (χ0) is 17.0. The largest absolute Gasteiger partial charge is 0.506 e. The number of phenolic OH excluding ortho intramolecular Hbond substituents is 1. The third-order valence-corrected chi connectivity index (χ3v) is 3.48. The van der Waals surface area contributed by atoms with Gasteiger partial charge in [0.2, 0.25) is 0 Å². The number of carbonyl (C=O) groups is 2. The number of halogens is 1. The molecule has 0 aromatic heterocycles. The summed E-state index contributed by atoms with van der Waals surface area (Å²) in [5.41, 5.74) is 1.59. The second-order valence-corrected chi connectivity index (χ2v) is 5.75. The first-order chi connectivity index (χ1) is 10.9. The lowest BCUT2D eigenvalue weighted by Crippen LogP contribution is -2.29. The summed E-state index contributed by atoms with van der Waals surface area (Å²) >= 11 is 5.80. The lowest BCUT2D eigenvalue weighted by Gasteiger charge is -2.13. The SMILES string of the molecule is CC(C)c1ccccc1NC(=O)C(=O)Nc1cc(Cl)ccc1O. The maximum absolute atomic E-state index is 12.1. The van der Waals surface area contributed by atoms with Crippen LogP contribution in [0.15, 0.2) is 42.5 Å². The van der Waals surface area contributed by atoms with Crippen LogP contribution in [-0.4, -0.2) is 16.9 Å². The Morgan fingerprint density at radius 1 is 1.00 bits per heavy atom. The molecule has 2 aromatic rings. The van der Waals surface area contributed by atoms with E-state index in [1.807, 2.05) is 26.0 Å². The van der Waals surface area contributed by atoms with Gasteiger partial charge in [-0.05, 0) is 35.7 Å². The summed E-state index contributed by atoms with van der Waals surface area (Å²) < 4.78 is 0. The van der Waals surface area contributed by atoms with E-state index >= 15 is 0 Å². The molecule has 0 saturated carbocycles. The molecule has 0 radical (unpaired) electrons. The molecule has 5 nitrogen and oxygen atoms in total. The predicted octanol–water partition coefficient (Wildman–Crippen LogP) is 3.75. The third kappa shape index (κ3) is 4.23. The van der Waals surface area contributed by atoms with Crippen molar-refractivity contribution in [3.63, 3.8) is 0 Å². The highest BCUT2D eigenvalue weighted by molar-refractivity contribution is 6.44. The average molecular weight is 333 g/mol. The summed E-state index contributed by atoms with van der Waals surface area (Å²) in [5, 5.41) is 14.9. The van der Waals surface area contributed by atoms with Crippen LogP contribution < -0.4 is 10.6 Å². The number of hydrogen-bond acceptors (Lipinski definition) is 3. The van der Waals surface area contributed by atoms with E-state index in [0.717, 1.165) is 5.56 Å². The van der Waals surface area contributed by atoms with Gasteiger partial charge in [-0.25, -0.2) is 0 Å². The van der Waals surface area contributed by atoms with E-state index in [0.29, 0.717) is 10.7 Å². The number of nitrogens with one attached hydrogen (secondary N) is 2. The first-order valence-corrected chi connectivity index (χ1v) is 7.46. The van der Waals surface area contributed by atoms with Crippen LogP contribution in [0.25, 0.3) is 0 Å². The van der Waals surface area contributed by atoms with E-state index in [1.54, 1.807) is 12.1 Å². The van der Waals surface area contributed by atoms with Gasteiger partial charge in [0.1, 0.15) is 5.75 Å². The quantitative estimate of drug-likeness (QED) is 0.591. The van der Waals surface area contributed by atoms with E-state index in [2.05, 4.69) is 10.6 Å². The van der Waals surface area contributed by atoms with Gasteiger partial charge >= 0.3 is 11.8 Å². The second kappa shape index (κ2) is 7.15. The van der Waals surface area contributed by atoms with Crippen molar-refractivity contribution in [2.45, 2.75) is 19.8 Å². The minimum atomic E-state index is -0.888. The van der Waals surface area contributed by atoms with Gasteiger partial charge < -0.3 is 15.7 Å². The molecule has 2 aromatic carbocycles. The van der Waals surface area contributed by atoms with E-state index < -0.39 is 11.8 Å². The molecule has 2 amide bonds. The van der Waals surface area contributed by atoms with Crippen LogP contribution in [0.4, 0.5) is 11.4 Å². The van der Waals surface area contributed by atoms with Crippen molar-refractivity contribution in [2.75, 3.05) is 10.6 Å². The molecule has 120 valence electrons. The van der Waals surface area contributed by atoms with Crippen molar-refractivity contribution in [3.05, 3.63) is 53.1 Å². The third-order valence-electron chi connectivity index (χ3n) is 3.24. The van der Waals surface area contributed by atoms with Crippen LogP contribution in [0.2, 0.25) is 5.02 Å². The Hall–Kier alpha value is -2.53. The lowest BCUT2D eigenvalue weighted by atomic mass is 10.0. The van der Waals surface area contributed by atoms with Crippen LogP contribution in [0.3, 0.4) is 0 Å². The first kappa shape index (κ1) is 16.8. The minimum absolute atomic E-state index is 0.0785. The predicted molar refractivity (Wildman–Crippen MR) is 90.9 cm³/mol. The van der Waals surface area contributed by atoms with Gasteiger partial charge in [0.15, 0.2) is 0 Å². The molecule has 0 spiro atoms. The molecule has 23 heavy (non-hydrogen) atoms. The van der Waals surface area contributed by atoms with Gasteiger partial charge in [0.25, 0.3) is 0 Å². The number of para-hydroxylation sites is 1. The molecule has 0 saturated heterocycles. The number of benzene rings is 2. The summed E-state index contributed by atoms with van der Waals surface area (Å²) in [5.74, 6) is -1.68. The van der Waals surface area contributed by atoms with Crippen molar-refractivity contribution in [3.8, 4) is 5.75 Å². The van der Waals surface area contributed by atoms with Crippen molar-refractivity contribution in [2.24, 2.45) is 0 Å². The van der Waals surface area contributed by atoms with Gasteiger partial charge in [0.05, 0.1) is 5.69 Å². The van der Waals surface area contributed by atoms with Crippen molar-refractivity contribution < 1.29 is 14.7 Å². The fraction of sp³-hybridized carbons (Fsp3) is 0.176. The highest BCUT2D eigenvalue weighted by Crippen LogP contribution is 2.27. The van der Waals surface area contributed by atoms with Gasteiger partial charge in [0, 0.05) is 10.7 Å². The number of anilines is 2. The van der Waals surface area contributed by atoms with Crippen LogP contribution in [-0.2, 0) is 9.59 Å². The summed E-state index contributed by atoms with van der Waals surface area (Å²) in [6.45, 7) is 3.99. The Bertz CT molecular complexity index is 744. The smallest absolute Gasteiger partial charge is 0.314 e. The fourth-order valence-electron chi connectivity index (χ4n) is 2.08. The number of rotatable bonds is 3. The van der Waals surface area contributed by atoms with Crippen LogP contribution in [0.1, 0.15) is 25.3 Å². The van der Waals surface area contributed by atoms with Crippen LogP contribution in [0, 0.1) is 0 Å². The average Bonchev–Trinajstić information content (AvgIpc) is 2.51. The van der Waals surface area contributed by atoms with Gasteiger partial charge in [-0.15, -0.1) is 0 Å². The second-order valence-electron chi connectivity index (χ2n) is 5.31. The highest BCUT2D eigenvalue weighted by Gasteiger charge is 2.17. The lowest BCUT2D eigenvalue weighted by molar-refractivity contribution is -0.133. The summed E-state index contributed by atoms with van der Waals surface area (Å²) in [6.07, 6.45) is 0. The molecule has 0 aliphatic carbocycles. The molecule has 0 bridgehead atoms. The molecule has 0 aliphatic rings. The van der Waals surface area contributed by atoms with E-state index in [4.69, 9.17) is 11.6 Å². The summed E-state index contributed by atoms with van der Waals surface area (Å²) in [6, 6.07) is 11.5.